The number of aliphatic hydroxyl groups excluding tert-OH is 1. The van der Waals surface area contributed by atoms with Crippen LogP contribution in [0, 0.1) is 11.7 Å². The number of carbonyl (C=O) groups is 1. The lowest BCUT2D eigenvalue weighted by atomic mass is 10.1. The molecule has 1 rings (SSSR count). The fourth-order valence-corrected chi connectivity index (χ4v) is 1.95. The van der Waals surface area contributed by atoms with E-state index in [0.717, 1.165) is 0 Å². The van der Waals surface area contributed by atoms with Crippen molar-refractivity contribution < 1.29 is 14.3 Å². The first-order valence-corrected chi connectivity index (χ1v) is 6.77. The van der Waals surface area contributed by atoms with E-state index in [2.05, 4.69) is 5.32 Å². The molecule has 5 heteroatoms. The van der Waals surface area contributed by atoms with Crippen LogP contribution in [0.4, 0.5) is 10.1 Å². The quantitative estimate of drug-likeness (QED) is 0.840. The molecule has 0 aromatic heterocycles. The predicted molar refractivity (Wildman–Crippen MR) is 78.2 cm³/mol. The summed E-state index contributed by atoms with van der Waals surface area (Å²) in [6.45, 7) is 6.27. The number of nitrogens with zero attached hydrogens (tertiary/aromatic N) is 1. The summed E-state index contributed by atoms with van der Waals surface area (Å²) in [6.07, 6.45) is -0.924. The number of carbonyl (C=O) groups excluding carboxylic acids is 1. The number of aliphatic hydroxyl groups is 1. The average Bonchev–Trinajstić information content (AvgIpc) is 2.35. The van der Waals surface area contributed by atoms with E-state index in [9.17, 15) is 14.3 Å². The van der Waals surface area contributed by atoms with Crippen LogP contribution in [0.5, 0.6) is 0 Å². The zero-order valence-electron chi connectivity index (χ0n) is 12.5. The largest absolute Gasteiger partial charge is 0.389 e. The number of likely N-dealkylation sites (N-methyl/N-ethyl adjacent to an activating group) is 1. The number of hydrogen-bond acceptors (Lipinski definition) is 3. The van der Waals surface area contributed by atoms with Gasteiger partial charge in [-0.2, -0.15) is 0 Å². The summed E-state index contributed by atoms with van der Waals surface area (Å²) in [5, 5.41) is 12.5. The molecule has 112 valence electrons. The minimum Gasteiger partial charge on any atom is -0.389 e. The zero-order chi connectivity index (χ0) is 15.3. The van der Waals surface area contributed by atoms with Crippen LogP contribution >= 0.6 is 0 Å². The second kappa shape index (κ2) is 7.24. The molecule has 0 unspecified atom stereocenters. The van der Waals surface area contributed by atoms with Crippen molar-refractivity contribution in [2.45, 2.75) is 26.9 Å². The highest BCUT2D eigenvalue weighted by Crippen LogP contribution is 2.27. The van der Waals surface area contributed by atoms with Gasteiger partial charge in [-0.3, -0.25) is 4.79 Å². The predicted octanol–water partition coefficient (Wildman–Crippen LogP) is 2.09. The van der Waals surface area contributed by atoms with Crippen LogP contribution in [-0.4, -0.2) is 31.2 Å². The first kappa shape index (κ1) is 16.4. The van der Waals surface area contributed by atoms with Crippen LogP contribution in [0.15, 0.2) is 18.2 Å². The van der Waals surface area contributed by atoms with Gasteiger partial charge in [0.25, 0.3) is 0 Å². The summed E-state index contributed by atoms with van der Waals surface area (Å²) in [5.41, 5.74) is 0.742. The van der Waals surface area contributed by atoms with E-state index in [4.69, 9.17) is 0 Å². The van der Waals surface area contributed by atoms with Gasteiger partial charge in [0, 0.05) is 24.8 Å². The number of halogens is 1. The normalized spacial score (nSPS) is 12.3. The average molecular weight is 282 g/mol. The smallest absolute Gasteiger partial charge is 0.239 e. The maximum absolute atomic E-state index is 13.8. The first-order chi connectivity index (χ1) is 9.32. The van der Waals surface area contributed by atoms with Crippen molar-refractivity contribution >= 4 is 11.6 Å². The van der Waals surface area contributed by atoms with E-state index in [1.807, 2.05) is 13.8 Å². The molecule has 1 aromatic rings. The summed E-state index contributed by atoms with van der Waals surface area (Å²) in [5.74, 6) is -0.208. The molecular weight excluding hydrogens is 259 g/mol. The van der Waals surface area contributed by atoms with Gasteiger partial charge in [0.1, 0.15) is 5.82 Å². The molecule has 0 heterocycles. The van der Waals surface area contributed by atoms with Crippen LogP contribution < -0.4 is 10.2 Å². The van der Waals surface area contributed by atoms with Gasteiger partial charge in [0.05, 0.1) is 12.6 Å². The van der Waals surface area contributed by atoms with Crippen LogP contribution in [0.2, 0.25) is 0 Å². The van der Waals surface area contributed by atoms with Crippen LogP contribution in [0.3, 0.4) is 0 Å². The lowest BCUT2D eigenvalue weighted by molar-refractivity contribution is -0.119. The number of nitrogens with one attached hydrogen (secondary N) is 1. The zero-order valence-corrected chi connectivity index (χ0v) is 12.5. The summed E-state index contributed by atoms with van der Waals surface area (Å²) < 4.78 is 13.8. The molecule has 0 aliphatic heterocycles. The van der Waals surface area contributed by atoms with Gasteiger partial charge in [0.2, 0.25) is 5.91 Å². The van der Waals surface area contributed by atoms with Crippen LogP contribution in [-0.2, 0) is 4.79 Å². The van der Waals surface area contributed by atoms with Gasteiger partial charge < -0.3 is 15.3 Å². The lowest BCUT2D eigenvalue weighted by Crippen LogP contribution is -2.37. The molecule has 1 amide bonds. The SMILES string of the molecule is CC(C)CNC(=O)CN(C)c1cccc(F)c1[C@@H](C)O. The van der Waals surface area contributed by atoms with Gasteiger partial charge in [0.15, 0.2) is 0 Å². The van der Waals surface area contributed by atoms with E-state index in [0.29, 0.717) is 18.2 Å². The van der Waals surface area contributed by atoms with Crippen LogP contribution in [0.25, 0.3) is 0 Å². The number of amides is 1. The Hall–Kier alpha value is -1.62. The molecule has 0 spiro atoms. The Morgan fingerprint density at radius 3 is 2.60 bits per heavy atom. The van der Waals surface area contributed by atoms with Crippen molar-refractivity contribution in [2.75, 3.05) is 25.0 Å². The molecule has 1 atom stereocenters. The summed E-state index contributed by atoms with van der Waals surface area (Å²) >= 11 is 0. The number of benzene rings is 1. The Morgan fingerprint density at radius 1 is 1.40 bits per heavy atom. The monoisotopic (exact) mass is 282 g/mol. The van der Waals surface area contributed by atoms with Crippen molar-refractivity contribution in [3.63, 3.8) is 0 Å². The molecule has 0 saturated carbocycles. The molecule has 0 bridgehead atoms. The molecule has 0 radical (unpaired) electrons. The minimum atomic E-state index is -0.924. The second-order valence-electron chi connectivity index (χ2n) is 5.40. The molecular formula is C15H23FN2O2. The number of anilines is 1. The first-order valence-electron chi connectivity index (χ1n) is 6.77. The Morgan fingerprint density at radius 2 is 2.05 bits per heavy atom. The molecule has 0 saturated heterocycles. The highest BCUT2D eigenvalue weighted by molar-refractivity contribution is 5.81. The highest BCUT2D eigenvalue weighted by Gasteiger charge is 2.17. The van der Waals surface area contributed by atoms with Gasteiger partial charge in [-0.1, -0.05) is 19.9 Å². The Kier molecular flexibility index (Phi) is 5.95. The van der Waals surface area contributed by atoms with E-state index < -0.39 is 11.9 Å². The number of hydrogen-bond donors (Lipinski definition) is 2. The summed E-state index contributed by atoms with van der Waals surface area (Å²) in [7, 11) is 1.70. The standard InChI is InChI=1S/C15H23FN2O2/c1-10(2)8-17-14(20)9-18(4)13-7-5-6-12(16)15(13)11(3)19/h5-7,10-11,19H,8-9H2,1-4H3,(H,17,20)/t11-/m1/s1. The minimum absolute atomic E-state index is 0.121. The molecule has 0 aliphatic carbocycles. The Balaban J connectivity index is 2.80. The van der Waals surface area contributed by atoms with Gasteiger partial charge in [-0.05, 0) is 25.0 Å². The van der Waals surface area contributed by atoms with Gasteiger partial charge in [-0.25, -0.2) is 4.39 Å². The fraction of sp³-hybridized carbons (Fsp3) is 0.533. The van der Waals surface area contributed by atoms with E-state index >= 15 is 0 Å². The second-order valence-corrected chi connectivity index (χ2v) is 5.40. The number of rotatable bonds is 6. The fourth-order valence-electron chi connectivity index (χ4n) is 1.95. The topological polar surface area (TPSA) is 52.6 Å². The maximum atomic E-state index is 13.8. The molecule has 1 aromatic carbocycles. The van der Waals surface area contributed by atoms with E-state index in [1.165, 1.54) is 13.0 Å². The lowest BCUT2D eigenvalue weighted by Gasteiger charge is -2.23. The third-order valence-corrected chi connectivity index (χ3v) is 2.95. The molecule has 4 nitrogen and oxygen atoms in total. The summed E-state index contributed by atoms with van der Waals surface area (Å²) in [4.78, 5) is 13.4. The third-order valence-electron chi connectivity index (χ3n) is 2.95. The van der Waals surface area contributed by atoms with Crippen molar-refractivity contribution in [3.8, 4) is 0 Å². The highest BCUT2D eigenvalue weighted by atomic mass is 19.1. The van der Waals surface area contributed by atoms with Crippen LogP contribution in [0.1, 0.15) is 32.4 Å². The van der Waals surface area contributed by atoms with Crippen molar-refractivity contribution in [1.82, 2.24) is 5.32 Å². The van der Waals surface area contributed by atoms with E-state index in [-0.39, 0.29) is 18.0 Å². The van der Waals surface area contributed by atoms with Crippen molar-refractivity contribution in [1.29, 1.82) is 0 Å². The van der Waals surface area contributed by atoms with Crippen molar-refractivity contribution in [2.24, 2.45) is 5.92 Å². The third kappa shape index (κ3) is 4.49. The molecule has 2 N–H and O–H groups in total. The maximum Gasteiger partial charge on any atom is 0.239 e. The van der Waals surface area contributed by atoms with Gasteiger partial charge >= 0.3 is 0 Å². The van der Waals surface area contributed by atoms with E-state index in [1.54, 1.807) is 24.1 Å². The Labute approximate surface area is 119 Å². The molecule has 20 heavy (non-hydrogen) atoms. The van der Waals surface area contributed by atoms with Crippen molar-refractivity contribution in [3.05, 3.63) is 29.6 Å². The molecule has 0 fully saturated rings. The van der Waals surface area contributed by atoms with Gasteiger partial charge in [-0.15, -0.1) is 0 Å². The Bertz CT molecular complexity index is 461. The molecule has 0 aliphatic rings. The summed E-state index contributed by atoms with van der Waals surface area (Å²) in [6, 6.07) is 4.57.